The molecule has 7 nitrogen and oxygen atoms in total. The van der Waals surface area contributed by atoms with Crippen molar-refractivity contribution in [2.24, 2.45) is 5.92 Å². The van der Waals surface area contributed by atoms with Crippen molar-refractivity contribution in [1.29, 1.82) is 0 Å². The highest BCUT2D eigenvalue weighted by Crippen LogP contribution is 2.24. The van der Waals surface area contributed by atoms with Gasteiger partial charge in [-0.25, -0.2) is 4.98 Å². The quantitative estimate of drug-likeness (QED) is 0.855. The molecule has 18 heavy (non-hydrogen) atoms. The van der Waals surface area contributed by atoms with E-state index in [1.165, 1.54) is 11.3 Å². The summed E-state index contributed by atoms with van der Waals surface area (Å²) in [6, 6.07) is 0. The van der Waals surface area contributed by atoms with Crippen LogP contribution in [0, 0.1) is 5.92 Å². The van der Waals surface area contributed by atoms with E-state index in [2.05, 4.69) is 30.3 Å². The number of anilines is 2. The molecular weight excluding hydrogens is 250 g/mol. The minimum Gasteiger partial charge on any atom is -0.374 e. The molecule has 0 saturated carbocycles. The second-order valence-electron chi connectivity index (χ2n) is 4.28. The van der Waals surface area contributed by atoms with Crippen LogP contribution in [0.5, 0.6) is 0 Å². The molecule has 0 aromatic carbocycles. The second kappa shape index (κ2) is 4.81. The minimum absolute atomic E-state index is 0.537. The second-order valence-corrected chi connectivity index (χ2v) is 5.38. The Morgan fingerprint density at radius 2 is 2.28 bits per heavy atom. The largest absolute Gasteiger partial charge is 0.374 e. The van der Waals surface area contributed by atoms with Gasteiger partial charge in [0.25, 0.3) is 0 Å². The summed E-state index contributed by atoms with van der Waals surface area (Å²) in [6.45, 7) is 1.90. The van der Waals surface area contributed by atoms with E-state index in [0.717, 1.165) is 30.9 Å². The van der Waals surface area contributed by atoms with Gasteiger partial charge >= 0.3 is 0 Å². The maximum atomic E-state index is 5.58. The average molecular weight is 263 g/mol. The van der Waals surface area contributed by atoms with E-state index >= 15 is 0 Å². The van der Waals surface area contributed by atoms with Crippen molar-refractivity contribution in [3.63, 3.8) is 0 Å². The average Bonchev–Trinajstić information content (AvgIpc) is 3.01. The van der Waals surface area contributed by atoms with Gasteiger partial charge in [0, 0.05) is 19.5 Å². The van der Waals surface area contributed by atoms with E-state index in [9.17, 15) is 0 Å². The molecule has 0 radical (unpaired) electrons. The summed E-state index contributed by atoms with van der Waals surface area (Å²) in [4.78, 5) is 6.37. The van der Waals surface area contributed by atoms with E-state index in [1.54, 1.807) is 12.4 Å². The summed E-state index contributed by atoms with van der Waals surface area (Å²) < 4.78 is 0. The van der Waals surface area contributed by atoms with Gasteiger partial charge in [-0.1, -0.05) is 11.3 Å². The first-order valence-electron chi connectivity index (χ1n) is 5.78. The first kappa shape index (κ1) is 11.3. The molecule has 94 valence electrons. The SMILES string of the molecule is Nc1nnc(C[C@@H]2CCN(c3nccnn3)C2)s1. The molecule has 0 spiro atoms. The molecule has 1 fully saturated rings. The molecular formula is C10H13N7S. The van der Waals surface area contributed by atoms with Crippen molar-refractivity contribution in [3.8, 4) is 0 Å². The lowest BCUT2D eigenvalue weighted by molar-refractivity contribution is 0.580. The van der Waals surface area contributed by atoms with Gasteiger partial charge in [0.2, 0.25) is 11.1 Å². The molecule has 0 unspecified atom stereocenters. The Kier molecular flexibility index (Phi) is 3.01. The summed E-state index contributed by atoms with van der Waals surface area (Å²) in [7, 11) is 0. The summed E-state index contributed by atoms with van der Waals surface area (Å²) in [6.07, 6.45) is 5.28. The predicted molar refractivity (Wildman–Crippen MR) is 68.2 cm³/mol. The molecule has 2 aromatic heterocycles. The molecule has 2 aromatic rings. The van der Waals surface area contributed by atoms with E-state index in [0.29, 0.717) is 17.0 Å². The molecule has 1 saturated heterocycles. The summed E-state index contributed by atoms with van der Waals surface area (Å²) in [5, 5.41) is 17.3. The van der Waals surface area contributed by atoms with Crippen molar-refractivity contribution in [3.05, 3.63) is 17.4 Å². The van der Waals surface area contributed by atoms with Crippen LogP contribution in [0.3, 0.4) is 0 Å². The fourth-order valence-corrected chi connectivity index (χ4v) is 2.89. The highest BCUT2D eigenvalue weighted by molar-refractivity contribution is 7.15. The number of nitrogen functional groups attached to an aromatic ring is 1. The van der Waals surface area contributed by atoms with Crippen molar-refractivity contribution in [2.45, 2.75) is 12.8 Å². The molecule has 0 amide bonds. The maximum absolute atomic E-state index is 5.58. The van der Waals surface area contributed by atoms with Crippen molar-refractivity contribution in [1.82, 2.24) is 25.4 Å². The van der Waals surface area contributed by atoms with Crippen LogP contribution < -0.4 is 10.6 Å². The van der Waals surface area contributed by atoms with Crippen LogP contribution in [0.25, 0.3) is 0 Å². The minimum atomic E-state index is 0.537. The molecule has 1 aliphatic heterocycles. The van der Waals surface area contributed by atoms with Crippen molar-refractivity contribution in [2.75, 3.05) is 23.7 Å². The summed E-state index contributed by atoms with van der Waals surface area (Å²) in [5.41, 5.74) is 5.58. The first-order chi connectivity index (χ1) is 8.81. The lowest BCUT2D eigenvalue weighted by atomic mass is 10.1. The number of nitrogens with two attached hydrogens (primary N) is 1. The third kappa shape index (κ3) is 2.37. The molecule has 3 heterocycles. The van der Waals surface area contributed by atoms with Crippen LogP contribution in [0.15, 0.2) is 12.4 Å². The number of aromatic nitrogens is 5. The normalized spacial score (nSPS) is 19.3. The topological polar surface area (TPSA) is 93.7 Å². The maximum Gasteiger partial charge on any atom is 0.245 e. The van der Waals surface area contributed by atoms with Gasteiger partial charge in [0.1, 0.15) is 5.01 Å². The molecule has 2 N–H and O–H groups in total. The van der Waals surface area contributed by atoms with Crippen LogP contribution in [-0.4, -0.2) is 38.5 Å². The van der Waals surface area contributed by atoms with Gasteiger partial charge in [0.15, 0.2) is 0 Å². The first-order valence-corrected chi connectivity index (χ1v) is 6.59. The van der Waals surface area contributed by atoms with Crippen molar-refractivity contribution < 1.29 is 0 Å². The molecule has 0 aliphatic carbocycles. The number of hydrogen-bond acceptors (Lipinski definition) is 8. The molecule has 1 atom stereocenters. The highest BCUT2D eigenvalue weighted by atomic mass is 32.1. The Bertz CT molecular complexity index is 514. The number of rotatable bonds is 3. The zero-order valence-corrected chi connectivity index (χ0v) is 10.5. The van der Waals surface area contributed by atoms with Gasteiger partial charge < -0.3 is 10.6 Å². The van der Waals surface area contributed by atoms with Gasteiger partial charge in [-0.15, -0.1) is 15.3 Å². The van der Waals surface area contributed by atoms with Gasteiger partial charge in [-0.3, -0.25) is 0 Å². The Balaban J connectivity index is 1.62. The van der Waals surface area contributed by atoms with Gasteiger partial charge in [0.05, 0.1) is 12.4 Å². The molecule has 3 rings (SSSR count). The third-order valence-electron chi connectivity index (χ3n) is 2.98. The molecule has 8 heteroatoms. The zero-order chi connectivity index (χ0) is 12.4. The monoisotopic (exact) mass is 263 g/mol. The van der Waals surface area contributed by atoms with E-state index in [1.807, 2.05) is 0 Å². The Morgan fingerprint density at radius 1 is 1.33 bits per heavy atom. The third-order valence-corrected chi connectivity index (χ3v) is 3.76. The highest BCUT2D eigenvalue weighted by Gasteiger charge is 2.25. The standard InChI is InChI=1S/C10H13N7S/c11-9-15-14-8(18-9)5-7-1-4-17(6-7)10-12-2-3-13-16-10/h2-3,7H,1,4-6H2,(H2,11,15)/t7-/m0/s1. The van der Waals surface area contributed by atoms with Crippen LogP contribution in [0.1, 0.15) is 11.4 Å². The zero-order valence-electron chi connectivity index (χ0n) is 9.73. The van der Waals surface area contributed by atoms with Crippen LogP contribution in [-0.2, 0) is 6.42 Å². The fourth-order valence-electron chi connectivity index (χ4n) is 2.16. The van der Waals surface area contributed by atoms with Crippen LogP contribution >= 0.6 is 11.3 Å². The Labute approximate surface area is 108 Å². The van der Waals surface area contributed by atoms with E-state index in [-0.39, 0.29) is 0 Å². The van der Waals surface area contributed by atoms with Crippen LogP contribution in [0.2, 0.25) is 0 Å². The smallest absolute Gasteiger partial charge is 0.245 e. The Hall–Kier alpha value is -1.83. The lowest BCUT2D eigenvalue weighted by Crippen LogP contribution is -2.22. The summed E-state index contributed by atoms with van der Waals surface area (Å²) >= 11 is 1.47. The van der Waals surface area contributed by atoms with Gasteiger partial charge in [-0.05, 0) is 12.3 Å². The fraction of sp³-hybridized carbons (Fsp3) is 0.500. The lowest BCUT2D eigenvalue weighted by Gasteiger charge is -2.14. The molecule has 1 aliphatic rings. The van der Waals surface area contributed by atoms with E-state index < -0.39 is 0 Å². The van der Waals surface area contributed by atoms with Crippen molar-refractivity contribution >= 4 is 22.4 Å². The van der Waals surface area contributed by atoms with E-state index in [4.69, 9.17) is 5.73 Å². The number of nitrogens with zero attached hydrogens (tertiary/aromatic N) is 6. The summed E-state index contributed by atoms with van der Waals surface area (Å²) in [5.74, 6) is 1.26. The Morgan fingerprint density at radius 3 is 3.00 bits per heavy atom. The number of hydrogen-bond donors (Lipinski definition) is 1. The molecule has 0 bridgehead atoms. The van der Waals surface area contributed by atoms with Gasteiger partial charge in [-0.2, -0.15) is 5.10 Å². The van der Waals surface area contributed by atoms with Crippen LogP contribution in [0.4, 0.5) is 11.1 Å². The predicted octanol–water partition coefficient (Wildman–Crippen LogP) is 0.374.